The van der Waals surface area contributed by atoms with E-state index in [2.05, 4.69) is 0 Å². The number of benzene rings is 1. The predicted octanol–water partition coefficient (Wildman–Crippen LogP) is 2.11. The molecular weight excluding hydrogens is 239 g/mol. The van der Waals surface area contributed by atoms with Crippen molar-refractivity contribution in [2.24, 2.45) is 5.73 Å². The number of rotatable bonds is 6. The Morgan fingerprint density at radius 2 is 2.29 bits per heavy atom. The van der Waals surface area contributed by atoms with E-state index in [9.17, 15) is 4.39 Å². The fourth-order valence-electron chi connectivity index (χ4n) is 1.42. The van der Waals surface area contributed by atoms with Crippen LogP contribution >= 0.6 is 11.8 Å². The Morgan fingerprint density at radius 1 is 1.59 bits per heavy atom. The van der Waals surface area contributed by atoms with E-state index < -0.39 is 0 Å². The molecule has 0 aromatic heterocycles. The van der Waals surface area contributed by atoms with Crippen molar-refractivity contribution in [3.05, 3.63) is 35.1 Å². The van der Waals surface area contributed by atoms with Gasteiger partial charge in [-0.2, -0.15) is 11.8 Å². The molecule has 0 aliphatic carbocycles. The van der Waals surface area contributed by atoms with Crippen molar-refractivity contribution in [2.75, 3.05) is 6.61 Å². The molecule has 1 aromatic rings. The van der Waals surface area contributed by atoms with E-state index in [-0.39, 0.29) is 18.3 Å². The van der Waals surface area contributed by atoms with Gasteiger partial charge in [-0.05, 0) is 24.1 Å². The van der Waals surface area contributed by atoms with Crippen LogP contribution in [0.2, 0.25) is 0 Å². The lowest BCUT2D eigenvalue weighted by atomic mass is 10.1. The molecule has 0 saturated carbocycles. The largest absolute Gasteiger partial charge is 0.396 e. The van der Waals surface area contributed by atoms with E-state index >= 15 is 0 Å². The second-order valence-corrected chi connectivity index (χ2v) is 5.28. The van der Waals surface area contributed by atoms with Gasteiger partial charge in [-0.1, -0.05) is 13.0 Å². The molecule has 0 spiro atoms. The molecule has 1 rings (SSSR count). The Labute approximate surface area is 105 Å². The van der Waals surface area contributed by atoms with Crippen molar-refractivity contribution in [1.29, 1.82) is 5.41 Å². The predicted molar refractivity (Wildman–Crippen MR) is 69.9 cm³/mol. The zero-order chi connectivity index (χ0) is 12.8. The van der Waals surface area contributed by atoms with Crippen LogP contribution < -0.4 is 5.73 Å². The third-order valence-corrected chi connectivity index (χ3v) is 3.70. The smallest absolute Gasteiger partial charge is 0.123 e. The number of thioether (sulfide) groups is 1. The van der Waals surface area contributed by atoms with Crippen LogP contribution in [-0.4, -0.2) is 22.8 Å². The summed E-state index contributed by atoms with van der Waals surface area (Å²) < 4.78 is 13.0. The summed E-state index contributed by atoms with van der Waals surface area (Å²) in [5, 5.41) is 16.5. The molecular formula is C12H17FN2OS. The van der Waals surface area contributed by atoms with Crippen LogP contribution in [0.25, 0.3) is 0 Å². The number of nitrogens with two attached hydrogens (primary N) is 1. The molecule has 3 nitrogen and oxygen atoms in total. The lowest BCUT2D eigenvalue weighted by Crippen LogP contribution is -2.14. The van der Waals surface area contributed by atoms with Gasteiger partial charge in [0.05, 0.1) is 0 Å². The molecule has 1 unspecified atom stereocenters. The first-order chi connectivity index (χ1) is 8.04. The number of halogens is 1. The number of hydrogen-bond donors (Lipinski definition) is 3. The number of nitrogens with one attached hydrogen (secondary N) is 1. The van der Waals surface area contributed by atoms with Crippen LogP contribution in [0.3, 0.4) is 0 Å². The van der Waals surface area contributed by atoms with E-state index in [1.165, 1.54) is 12.1 Å². The van der Waals surface area contributed by atoms with Gasteiger partial charge in [0, 0.05) is 23.2 Å². The topological polar surface area (TPSA) is 70.1 Å². The molecule has 0 radical (unpaired) electrons. The van der Waals surface area contributed by atoms with E-state index in [1.54, 1.807) is 17.8 Å². The summed E-state index contributed by atoms with van der Waals surface area (Å²) in [4.78, 5) is 0. The van der Waals surface area contributed by atoms with Gasteiger partial charge >= 0.3 is 0 Å². The molecule has 0 saturated heterocycles. The summed E-state index contributed by atoms with van der Waals surface area (Å²) in [6, 6.07) is 4.32. The Kier molecular flexibility index (Phi) is 5.44. The maximum absolute atomic E-state index is 13.0. The molecule has 4 N–H and O–H groups in total. The second-order valence-electron chi connectivity index (χ2n) is 3.85. The first kappa shape index (κ1) is 14.0. The average Bonchev–Trinajstić information content (AvgIpc) is 2.27. The van der Waals surface area contributed by atoms with Crippen LogP contribution in [0.1, 0.15) is 24.5 Å². The van der Waals surface area contributed by atoms with Gasteiger partial charge in [0.2, 0.25) is 0 Å². The van der Waals surface area contributed by atoms with Crippen LogP contribution in [0.15, 0.2) is 18.2 Å². The summed E-state index contributed by atoms with van der Waals surface area (Å²) in [5.74, 6) is 0.165. The van der Waals surface area contributed by atoms with Crippen LogP contribution in [0.5, 0.6) is 0 Å². The molecule has 1 atom stereocenters. The molecule has 0 fully saturated rings. The van der Waals surface area contributed by atoms with Gasteiger partial charge in [-0.15, -0.1) is 0 Å². The lowest BCUT2D eigenvalue weighted by Gasteiger charge is -2.12. The van der Waals surface area contributed by atoms with E-state index in [0.29, 0.717) is 16.6 Å². The van der Waals surface area contributed by atoms with E-state index in [1.807, 2.05) is 6.92 Å². The Bertz CT molecular complexity index is 398. The summed E-state index contributed by atoms with van der Waals surface area (Å²) in [5.41, 5.74) is 6.72. The van der Waals surface area contributed by atoms with Gasteiger partial charge < -0.3 is 10.8 Å². The lowest BCUT2D eigenvalue weighted by molar-refractivity contribution is 0.289. The quantitative estimate of drug-likeness (QED) is 0.539. The van der Waals surface area contributed by atoms with Crippen LogP contribution in [0.4, 0.5) is 4.39 Å². The maximum atomic E-state index is 13.0. The Balaban J connectivity index is 2.73. The molecule has 17 heavy (non-hydrogen) atoms. The summed E-state index contributed by atoms with van der Waals surface area (Å²) in [6.07, 6.45) is 0.723. The Hall–Kier alpha value is -1.07. The molecule has 94 valence electrons. The zero-order valence-corrected chi connectivity index (χ0v) is 10.6. The minimum absolute atomic E-state index is 0.116. The van der Waals surface area contributed by atoms with Gasteiger partial charge in [-0.3, -0.25) is 5.41 Å². The van der Waals surface area contributed by atoms with Crippen molar-refractivity contribution in [2.45, 2.75) is 24.3 Å². The molecule has 0 aliphatic rings. The number of amidine groups is 1. The maximum Gasteiger partial charge on any atom is 0.123 e. The monoisotopic (exact) mass is 256 g/mol. The Morgan fingerprint density at radius 3 is 2.88 bits per heavy atom. The highest BCUT2D eigenvalue weighted by Gasteiger charge is 2.09. The highest BCUT2D eigenvalue weighted by Crippen LogP contribution is 2.22. The van der Waals surface area contributed by atoms with Gasteiger partial charge in [0.1, 0.15) is 11.7 Å². The van der Waals surface area contributed by atoms with Crippen molar-refractivity contribution < 1.29 is 9.50 Å². The number of aliphatic hydroxyl groups is 1. The third kappa shape index (κ3) is 4.36. The SMILES string of the molecule is CC(CCO)SCc1ccc(F)cc1C(=N)N. The standard InChI is InChI=1S/C12H17FN2OS/c1-8(4-5-16)17-7-9-2-3-10(13)6-11(9)12(14)15/h2-3,6,8,16H,4-5,7H2,1H3,(H3,14,15). The van der Waals surface area contributed by atoms with Gasteiger partial charge in [0.25, 0.3) is 0 Å². The van der Waals surface area contributed by atoms with Crippen LogP contribution in [0, 0.1) is 11.2 Å². The first-order valence-corrected chi connectivity index (χ1v) is 6.44. The molecule has 0 heterocycles. The zero-order valence-electron chi connectivity index (χ0n) is 9.74. The highest BCUT2D eigenvalue weighted by molar-refractivity contribution is 7.99. The fraction of sp³-hybridized carbons (Fsp3) is 0.417. The average molecular weight is 256 g/mol. The van der Waals surface area contributed by atoms with Gasteiger partial charge in [-0.25, -0.2) is 4.39 Å². The van der Waals surface area contributed by atoms with Crippen molar-refractivity contribution in [3.8, 4) is 0 Å². The molecule has 0 amide bonds. The number of aliphatic hydroxyl groups excluding tert-OH is 1. The second kappa shape index (κ2) is 6.61. The summed E-state index contributed by atoms with van der Waals surface area (Å²) >= 11 is 1.66. The normalized spacial score (nSPS) is 12.4. The molecule has 0 bridgehead atoms. The van der Waals surface area contributed by atoms with Crippen LogP contribution in [-0.2, 0) is 5.75 Å². The van der Waals surface area contributed by atoms with Crippen molar-refractivity contribution >= 4 is 17.6 Å². The fourth-order valence-corrected chi connectivity index (χ4v) is 2.41. The molecule has 1 aromatic carbocycles. The van der Waals surface area contributed by atoms with E-state index in [4.69, 9.17) is 16.2 Å². The minimum atomic E-state index is -0.382. The van der Waals surface area contributed by atoms with Crippen molar-refractivity contribution in [3.63, 3.8) is 0 Å². The summed E-state index contributed by atoms with van der Waals surface area (Å²) in [6.45, 7) is 2.19. The molecule has 5 heteroatoms. The minimum Gasteiger partial charge on any atom is -0.396 e. The highest BCUT2D eigenvalue weighted by atomic mass is 32.2. The number of hydrogen-bond acceptors (Lipinski definition) is 3. The molecule has 0 aliphatic heterocycles. The van der Waals surface area contributed by atoms with E-state index in [0.717, 1.165) is 12.0 Å². The third-order valence-electron chi connectivity index (χ3n) is 2.42. The van der Waals surface area contributed by atoms with Crippen molar-refractivity contribution in [1.82, 2.24) is 0 Å². The number of nitrogen functional groups attached to an aromatic ring is 1. The summed E-state index contributed by atoms with van der Waals surface area (Å²) in [7, 11) is 0. The first-order valence-electron chi connectivity index (χ1n) is 5.40. The van der Waals surface area contributed by atoms with Gasteiger partial charge in [0.15, 0.2) is 0 Å².